The third-order valence-corrected chi connectivity index (χ3v) is 4.68. The van der Waals surface area contributed by atoms with Crippen molar-refractivity contribution < 1.29 is 18.3 Å². The maximum atomic E-state index is 13.8. The molecule has 1 heterocycles. The third kappa shape index (κ3) is 4.53. The molecule has 0 aliphatic heterocycles. The lowest BCUT2D eigenvalue weighted by atomic mass is 10.1. The summed E-state index contributed by atoms with van der Waals surface area (Å²) in [5, 5.41) is 4.57. The molecule has 0 radical (unpaired) electrons. The van der Waals surface area contributed by atoms with Crippen molar-refractivity contribution in [2.75, 3.05) is 0 Å². The maximum absolute atomic E-state index is 13.8. The van der Waals surface area contributed by atoms with E-state index in [2.05, 4.69) is 5.10 Å². The van der Waals surface area contributed by atoms with Crippen molar-refractivity contribution in [3.63, 3.8) is 0 Å². The first-order chi connectivity index (χ1) is 13.8. The normalized spacial score (nSPS) is 12.2. The van der Waals surface area contributed by atoms with E-state index in [4.69, 9.17) is 4.74 Å². The molecule has 0 aliphatic carbocycles. The number of hydrogen-bond acceptors (Lipinski definition) is 3. The third-order valence-electron chi connectivity index (χ3n) is 4.68. The van der Waals surface area contributed by atoms with Crippen molar-refractivity contribution in [2.24, 2.45) is 5.92 Å². The fourth-order valence-corrected chi connectivity index (χ4v) is 3.22. The molecule has 1 aromatic heterocycles. The van der Waals surface area contributed by atoms with Crippen molar-refractivity contribution >= 4 is 5.97 Å². The van der Waals surface area contributed by atoms with Crippen LogP contribution in [-0.2, 0) is 4.79 Å². The summed E-state index contributed by atoms with van der Waals surface area (Å²) in [4.78, 5) is 12.5. The van der Waals surface area contributed by atoms with Crippen LogP contribution in [0.2, 0.25) is 0 Å². The minimum Gasteiger partial charge on any atom is -0.407 e. The average Bonchev–Trinajstić information content (AvgIpc) is 2.99. The van der Waals surface area contributed by atoms with Crippen LogP contribution in [0.25, 0.3) is 11.1 Å². The van der Waals surface area contributed by atoms with Crippen LogP contribution in [0.3, 0.4) is 0 Å². The topological polar surface area (TPSA) is 44.1 Å². The van der Waals surface area contributed by atoms with Gasteiger partial charge in [-0.3, -0.25) is 4.79 Å². The molecule has 3 aromatic rings. The Hall–Kier alpha value is -3.02. The van der Waals surface area contributed by atoms with E-state index in [0.717, 1.165) is 17.7 Å². The van der Waals surface area contributed by atoms with Gasteiger partial charge in [0.25, 0.3) is 0 Å². The Morgan fingerprint density at radius 2 is 1.76 bits per heavy atom. The van der Waals surface area contributed by atoms with Crippen molar-refractivity contribution in [2.45, 2.75) is 40.2 Å². The van der Waals surface area contributed by atoms with Gasteiger partial charge in [-0.05, 0) is 43.0 Å². The summed E-state index contributed by atoms with van der Waals surface area (Å²) in [7, 11) is 0. The molecular formula is C23H24F2N2O2. The highest BCUT2D eigenvalue weighted by Crippen LogP contribution is 2.37. The summed E-state index contributed by atoms with van der Waals surface area (Å²) in [5.74, 6) is -1.76. The summed E-state index contributed by atoms with van der Waals surface area (Å²) >= 11 is 0. The molecule has 29 heavy (non-hydrogen) atoms. The maximum Gasteiger partial charge on any atom is 0.312 e. The van der Waals surface area contributed by atoms with Gasteiger partial charge in [0, 0.05) is 6.42 Å². The summed E-state index contributed by atoms with van der Waals surface area (Å²) in [6.07, 6.45) is 0.262. The van der Waals surface area contributed by atoms with Crippen molar-refractivity contribution in [1.29, 1.82) is 0 Å². The molecular weight excluding hydrogens is 374 g/mol. The molecule has 0 bridgehead atoms. The standard InChI is InChI=1S/C23H24F2N2O2/c1-14(2)12-21(28)29-23-22(17-8-6-5-7-9-17)15(3)26-27(23)16(4)18-10-11-19(24)20(25)13-18/h5-11,13-14,16H,12H2,1-4H3. The fraction of sp³-hybridized carbons (Fsp3) is 0.304. The number of benzene rings is 2. The molecule has 152 valence electrons. The quantitative estimate of drug-likeness (QED) is 0.501. The molecule has 1 unspecified atom stereocenters. The first-order valence-electron chi connectivity index (χ1n) is 9.58. The molecule has 0 aliphatic rings. The van der Waals surface area contributed by atoms with Gasteiger partial charge in [-0.15, -0.1) is 0 Å². The smallest absolute Gasteiger partial charge is 0.312 e. The van der Waals surface area contributed by atoms with Gasteiger partial charge in [0.1, 0.15) is 0 Å². The number of hydrogen-bond donors (Lipinski definition) is 0. The first-order valence-corrected chi connectivity index (χ1v) is 9.58. The van der Waals surface area contributed by atoms with E-state index in [-0.39, 0.29) is 18.3 Å². The number of halogens is 2. The van der Waals surface area contributed by atoms with Crippen LogP contribution in [0.1, 0.15) is 44.5 Å². The highest BCUT2D eigenvalue weighted by molar-refractivity contribution is 5.78. The minimum atomic E-state index is -0.931. The Morgan fingerprint density at radius 3 is 2.38 bits per heavy atom. The molecule has 0 N–H and O–H groups in total. The van der Waals surface area contributed by atoms with Crippen molar-refractivity contribution in [1.82, 2.24) is 9.78 Å². The SMILES string of the molecule is Cc1nn(C(C)c2ccc(F)c(F)c2)c(OC(=O)CC(C)C)c1-c1ccccc1. The molecule has 0 amide bonds. The molecule has 0 saturated carbocycles. The Labute approximate surface area is 169 Å². The van der Waals surface area contributed by atoms with Gasteiger partial charge in [0.05, 0.1) is 17.3 Å². The van der Waals surface area contributed by atoms with Crippen molar-refractivity contribution in [3.8, 4) is 17.0 Å². The van der Waals surface area contributed by atoms with E-state index >= 15 is 0 Å². The van der Waals surface area contributed by atoms with Crippen LogP contribution in [0.5, 0.6) is 5.88 Å². The zero-order valence-corrected chi connectivity index (χ0v) is 16.9. The second kappa shape index (κ2) is 8.55. The van der Waals surface area contributed by atoms with Crippen LogP contribution < -0.4 is 4.74 Å². The summed E-state index contributed by atoms with van der Waals surface area (Å²) < 4.78 is 34.4. The first kappa shape index (κ1) is 20.7. The lowest BCUT2D eigenvalue weighted by Crippen LogP contribution is -2.17. The van der Waals surface area contributed by atoms with Gasteiger partial charge in [-0.1, -0.05) is 50.2 Å². The monoisotopic (exact) mass is 398 g/mol. The number of aromatic nitrogens is 2. The zero-order chi connectivity index (χ0) is 21.1. The molecule has 6 heteroatoms. The molecule has 0 fully saturated rings. The van der Waals surface area contributed by atoms with Crippen LogP contribution in [0.4, 0.5) is 8.78 Å². The van der Waals surface area contributed by atoms with E-state index in [1.807, 2.05) is 51.1 Å². The Balaban J connectivity index is 2.10. The van der Waals surface area contributed by atoms with Gasteiger partial charge < -0.3 is 4.74 Å². The van der Waals surface area contributed by atoms with E-state index in [9.17, 15) is 13.6 Å². The van der Waals surface area contributed by atoms with Gasteiger partial charge >= 0.3 is 5.97 Å². The van der Waals surface area contributed by atoms with Crippen LogP contribution in [-0.4, -0.2) is 15.7 Å². The second-order valence-electron chi connectivity index (χ2n) is 7.50. The fourth-order valence-electron chi connectivity index (χ4n) is 3.22. The van der Waals surface area contributed by atoms with Crippen molar-refractivity contribution in [3.05, 3.63) is 71.4 Å². The number of aryl methyl sites for hydroxylation is 1. The Kier molecular flexibility index (Phi) is 6.11. The van der Waals surface area contributed by atoms with E-state index in [1.165, 1.54) is 6.07 Å². The molecule has 0 saturated heterocycles. The van der Waals surface area contributed by atoms with Gasteiger partial charge in [-0.2, -0.15) is 5.10 Å². The molecule has 2 aromatic carbocycles. The number of nitrogens with zero attached hydrogens (tertiary/aromatic N) is 2. The Bertz CT molecular complexity index is 1010. The van der Waals surface area contributed by atoms with E-state index in [1.54, 1.807) is 11.6 Å². The van der Waals surface area contributed by atoms with Crippen LogP contribution in [0.15, 0.2) is 48.5 Å². The van der Waals surface area contributed by atoms with Gasteiger partial charge in [0.15, 0.2) is 11.6 Å². The Morgan fingerprint density at radius 1 is 1.07 bits per heavy atom. The number of esters is 1. The summed E-state index contributed by atoms with van der Waals surface area (Å²) in [6.45, 7) is 7.50. The lowest BCUT2D eigenvalue weighted by molar-refractivity contribution is -0.135. The predicted molar refractivity (Wildman–Crippen MR) is 108 cm³/mol. The highest BCUT2D eigenvalue weighted by Gasteiger charge is 2.25. The van der Waals surface area contributed by atoms with E-state index < -0.39 is 17.7 Å². The average molecular weight is 398 g/mol. The zero-order valence-electron chi connectivity index (χ0n) is 16.9. The molecule has 3 rings (SSSR count). The number of rotatable bonds is 6. The minimum absolute atomic E-state index is 0.142. The van der Waals surface area contributed by atoms with Gasteiger partial charge in [-0.25, -0.2) is 13.5 Å². The summed E-state index contributed by atoms with van der Waals surface area (Å²) in [5.41, 5.74) is 2.77. The second-order valence-corrected chi connectivity index (χ2v) is 7.50. The molecule has 1 atom stereocenters. The molecule has 4 nitrogen and oxygen atoms in total. The van der Waals surface area contributed by atoms with Gasteiger partial charge in [0.2, 0.25) is 5.88 Å². The predicted octanol–water partition coefficient (Wildman–Crippen LogP) is 5.70. The largest absolute Gasteiger partial charge is 0.407 e. The molecule has 0 spiro atoms. The lowest BCUT2D eigenvalue weighted by Gasteiger charge is -2.17. The number of ether oxygens (including phenoxy) is 1. The number of carbonyl (C=O) groups excluding carboxylic acids is 1. The van der Waals surface area contributed by atoms with Crippen LogP contribution >= 0.6 is 0 Å². The number of carbonyl (C=O) groups is 1. The highest BCUT2D eigenvalue weighted by atomic mass is 19.2. The summed E-state index contributed by atoms with van der Waals surface area (Å²) in [6, 6.07) is 12.8. The van der Waals surface area contributed by atoms with E-state index in [0.29, 0.717) is 22.7 Å². The van der Waals surface area contributed by atoms with Crippen LogP contribution in [0, 0.1) is 24.5 Å².